The first-order chi connectivity index (χ1) is 13.6. The third-order valence-electron chi connectivity index (χ3n) is 6.52. The van der Waals surface area contributed by atoms with Crippen molar-refractivity contribution < 1.29 is 14.6 Å². The zero-order valence-corrected chi connectivity index (χ0v) is 16.7. The van der Waals surface area contributed by atoms with E-state index in [1.165, 1.54) is 16.7 Å². The van der Waals surface area contributed by atoms with Crippen LogP contribution in [0.2, 0.25) is 0 Å². The van der Waals surface area contributed by atoms with Gasteiger partial charge in [-0.25, -0.2) is 0 Å². The van der Waals surface area contributed by atoms with Crippen LogP contribution >= 0.6 is 0 Å². The molecule has 0 aliphatic heterocycles. The molecule has 1 saturated carbocycles. The maximum Gasteiger partial charge on any atom is 0.122 e. The molecule has 2 aromatic carbocycles. The number of aliphatic hydroxyl groups is 1. The first-order valence-corrected chi connectivity index (χ1v) is 10.4. The number of aliphatic hydroxyl groups excluding tert-OH is 1. The van der Waals surface area contributed by atoms with Gasteiger partial charge in [-0.1, -0.05) is 24.3 Å². The topological polar surface area (TPSA) is 64.7 Å². The Balaban J connectivity index is 1.37. The molecule has 4 nitrogen and oxygen atoms in total. The van der Waals surface area contributed by atoms with Gasteiger partial charge in [-0.15, -0.1) is 0 Å². The molecule has 2 aliphatic carbocycles. The van der Waals surface area contributed by atoms with Crippen molar-refractivity contribution in [1.29, 1.82) is 0 Å². The van der Waals surface area contributed by atoms with Crippen molar-refractivity contribution in [3.05, 3.63) is 59.2 Å². The maximum absolute atomic E-state index is 9.53. The third kappa shape index (κ3) is 4.18. The van der Waals surface area contributed by atoms with Crippen LogP contribution in [0.15, 0.2) is 42.5 Å². The van der Waals surface area contributed by atoms with Crippen molar-refractivity contribution >= 4 is 0 Å². The fraction of sp³-hybridized carbons (Fsp3) is 0.500. The first kappa shape index (κ1) is 19.3. The van der Waals surface area contributed by atoms with Crippen LogP contribution in [-0.4, -0.2) is 31.0 Å². The lowest BCUT2D eigenvalue weighted by Gasteiger charge is -2.26. The molecule has 3 atom stereocenters. The Morgan fingerprint density at radius 1 is 1.11 bits per heavy atom. The van der Waals surface area contributed by atoms with Crippen molar-refractivity contribution in [3.63, 3.8) is 0 Å². The number of rotatable bonds is 6. The fourth-order valence-corrected chi connectivity index (χ4v) is 4.74. The molecular formula is C24H31NO3. The zero-order valence-electron chi connectivity index (χ0n) is 16.7. The number of aryl methyl sites for hydroxylation is 1. The van der Waals surface area contributed by atoms with Crippen LogP contribution < -0.4 is 15.2 Å². The van der Waals surface area contributed by atoms with E-state index in [4.69, 9.17) is 15.2 Å². The average molecular weight is 382 g/mol. The molecule has 0 aromatic heterocycles. The fourth-order valence-electron chi connectivity index (χ4n) is 4.74. The lowest BCUT2D eigenvalue weighted by Crippen LogP contribution is -2.40. The van der Waals surface area contributed by atoms with Gasteiger partial charge in [0.15, 0.2) is 0 Å². The predicted octanol–water partition coefficient (Wildman–Crippen LogP) is 3.84. The van der Waals surface area contributed by atoms with E-state index in [9.17, 15) is 5.11 Å². The van der Waals surface area contributed by atoms with E-state index in [0.717, 1.165) is 56.6 Å². The van der Waals surface area contributed by atoms with Crippen LogP contribution in [0.3, 0.4) is 0 Å². The molecule has 2 aliphatic rings. The lowest BCUT2D eigenvalue weighted by atomic mass is 9.82. The summed E-state index contributed by atoms with van der Waals surface area (Å²) in [4.78, 5) is 0. The van der Waals surface area contributed by atoms with Crippen LogP contribution in [0, 0.1) is 5.92 Å². The van der Waals surface area contributed by atoms with Crippen LogP contribution in [0.25, 0.3) is 0 Å². The summed E-state index contributed by atoms with van der Waals surface area (Å²) >= 11 is 0. The van der Waals surface area contributed by atoms with Gasteiger partial charge in [0, 0.05) is 11.6 Å². The molecule has 4 heteroatoms. The highest BCUT2D eigenvalue weighted by Crippen LogP contribution is 2.40. The molecule has 150 valence electrons. The molecule has 28 heavy (non-hydrogen) atoms. The van der Waals surface area contributed by atoms with E-state index in [1.54, 1.807) is 7.11 Å². The monoisotopic (exact) mass is 381 g/mol. The van der Waals surface area contributed by atoms with E-state index >= 15 is 0 Å². The number of fused-ring (bicyclic) bond motifs is 1. The summed E-state index contributed by atoms with van der Waals surface area (Å²) in [5.41, 5.74) is 10.2. The van der Waals surface area contributed by atoms with E-state index in [-0.39, 0.29) is 12.1 Å². The minimum absolute atomic E-state index is 0.0867. The van der Waals surface area contributed by atoms with Crippen LogP contribution in [0.1, 0.15) is 48.3 Å². The second kappa shape index (κ2) is 8.14. The van der Waals surface area contributed by atoms with E-state index in [1.807, 2.05) is 24.3 Å². The highest BCUT2D eigenvalue weighted by atomic mass is 16.5. The smallest absolute Gasteiger partial charge is 0.122 e. The van der Waals surface area contributed by atoms with Gasteiger partial charge in [0.05, 0.1) is 20.3 Å². The Hall–Kier alpha value is -2.04. The second-order valence-corrected chi connectivity index (χ2v) is 8.59. The summed E-state index contributed by atoms with van der Waals surface area (Å²) in [6.07, 6.45) is 6.21. The Morgan fingerprint density at radius 2 is 1.96 bits per heavy atom. The van der Waals surface area contributed by atoms with Crippen molar-refractivity contribution in [2.75, 3.05) is 20.3 Å². The summed E-state index contributed by atoms with van der Waals surface area (Å²) in [5.74, 6) is 2.73. The van der Waals surface area contributed by atoms with Gasteiger partial charge in [0.2, 0.25) is 0 Å². The van der Waals surface area contributed by atoms with Crippen molar-refractivity contribution in [3.8, 4) is 11.5 Å². The van der Waals surface area contributed by atoms with Gasteiger partial charge in [0.1, 0.15) is 11.5 Å². The quantitative estimate of drug-likeness (QED) is 0.798. The van der Waals surface area contributed by atoms with Crippen molar-refractivity contribution in [1.82, 2.24) is 0 Å². The summed E-state index contributed by atoms with van der Waals surface area (Å²) in [6, 6.07) is 14.8. The predicted molar refractivity (Wildman–Crippen MR) is 111 cm³/mol. The van der Waals surface area contributed by atoms with Crippen molar-refractivity contribution in [2.45, 2.75) is 50.0 Å². The average Bonchev–Trinajstić information content (AvgIpc) is 3.14. The molecule has 0 saturated heterocycles. The molecule has 1 fully saturated rings. The second-order valence-electron chi connectivity index (χ2n) is 8.59. The third-order valence-corrected chi connectivity index (χ3v) is 6.52. The van der Waals surface area contributed by atoms with Gasteiger partial charge < -0.3 is 20.3 Å². The van der Waals surface area contributed by atoms with Gasteiger partial charge in [-0.05, 0) is 79.2 Å². The molecule has 3 N–H and O–H groups in total. The number of hydrogen-bond acceptors (Lipinski definition) is 4. The lowest BCUT2D eigenvalue weighted by molar-refractivity contribution is 0.198. The maximum atomic E-state index is 9.53. The molecule has 0 heterocycles. The minimum atomic E-state index is -0.386. The Bertz CT molecular complexity index is 821. The number of ether oxygens (including phenoxy) is 2. The summed E-state index contributed by atoms with van der Waals surface area (Å²) in [6.45, 7) is 0.826. The van der Waals surface area contributed by atoms with E-state index < -0.39 is 0 Å². The SMILES string of the molecule is COc1cccc(OC[C@@H]2CCc3cc([C@@H]4CC[C@](N)(CO)C4)ccc3C2)c1. The van der Waals surface area contributed by atoms with Crippen LogP contribution in [-0.2, 0) is 12.8 Å². The van der Waals surface area contributed by atoms with Gasteiger partial charge in [0.25, 0.3) is 0 Å². The molecule has 0 amide bonds. The molecule has 0 radical (unpaired) electrons. The molecule has 2 aromatic rings. The summed E-state index contributed by atoms with van der Waals surface area (Å²) < 4.78 is 11.3. The summed E-state index contributed by atoms with van der Waals surface area (Å²) in [7, 11) is 1.67. The molecular weight excluding hydrogens is 350 g/mol. The van der Waals surface area contributed by atoms with Crippen molar-refractivity contribution in [2.24, 2.45) is 11.7 Å². The van der Waals surface area contributed by atoms with E-state index in [0.29, 0.717) is 11.8 Å². The Morgan fingerprint density at radius 3 is 2.75 bits per heavy atom. The largest absolute Gasteiger partial charge is 0.497 e. The standard InChI is InChI=1S/C24H31NO3/c1-27-22-3-2-4-23(13-22)28-15-17-5-6-19-12-20(8-7-18(19)11-17)21-9-10-24(25,14-21)16-26/h2-4,7-8,12-13,17,21,26H,5-6,9-11,14-16,25H2,1H3/t17-,21-,24-/m1/s1. The number of methoxy groups -OCH3 is 1. The minimum Gasteiger partial charge on any atom is -0.497 e. The highest BCUT2D eigenvalue weighted by molar-refractivity contribution is 5.37. The summed E-state index contributed by atoms with van der Waals surface area (Å²) in [5, 5.41) is 9.53. The van der Waals surface area contributed by atoms with Crippen LogP contribution in [0.4, 0.5) is 0 Å². The highest BCUT2D eigenvalue weighted by Gasteiger charge is 2.36. The molecule has 0 bridgehead atoms. The zero-order chi connectivity index (χ0) is 19.6. The number of hydrogen-bond donors (Lipinski definition) is 2. The molecule has 0 spiro atoms. The Labute approximate surface area is 167 Å². The first-order valence-electron chi connectivity index (χ1n) is 10.4. The Kier molecular flexibility index (Phi) is 5.61. The molecule has 4 rings (SSSR count). The van der Waals surface area contributed by atoms with E-state index in [2.05, 4.69) is 18.2 Å². The van der Waals surface area contributed by atoms with Gasteiger partial charge >= 0.3 is 0 Å². The normalized spacial score (nSPS) is 26.7. The van der Waals surface area contributed by atoms with Gasteiger partial charge in [-0.2, -0.15) is 0 Å². The van der Waals surface area contributed by atoms with Crippen LogP contribution in [0.5, 0.6) is 11.5 Å². The molecule has 0 unspecified atom stereocenters. The van der Waals surface area contributed by atoms with Gasteiger partial charge in [-0.3, -0.25) is 0 Å². The number of nitrogens with two attached hydrogens (primary N) is 1. The number of benzene rings is 2.